The van der Waals surface area contributed by atoms with E-state index in [2.05, 4.69) is 10.3 Å². The molecule has 0 fully saturated rings. The molecule has 2 rings (SSSR count). The average Bonchev–Trinajstić information content (AvgIpc) is 2.55. The number of hydrogen-bond donors (Lipinski definition) is 1. The van der Waals surface area contributed by atoms with Crippen LogP contribution in [0.5, 0.6) is 11.6 Å². The number of halogens is 5. The molecule has 0 spiro atoms. The van der Waals surface area contributed by atoms with Gasteiger partial charge in [-0.25, -0.2) is 4.98 Å². The van der Waals surface area contributed by atoms with E-state index in [4.69, 9.17) is 16.3 Å². The number of benzene rings is 1. The van der Waals surface area contributed by atoms with E-state index in [0.717, 1.165) is 6.07 Å². The van der Waals surface area contributed by atoms with E-state index >= 15 is 0 Å². The third-order valence-electron chi connectivity index (χ3n) is 3.88. The van der Waals surface area contributed by atoms with Crippen molar-refractivity contribution < 1.29 is 22.7 Å². The van der Waals surface area contributed by atoms with Gasteiger partial charge in [-0.1, -0.05) is 24.6 Å². The van der Waals surface area contributed by atoms with Crippen molar-refractivity contribution in [2.45, 2.75) is 38.9 Å². The normalized spacial score (nSPS) is 12.0. The summed E-state index contributed by atoms with van der Waals surface area (Å²) >= 11 is 7.89. The first kappa shape index (κ1) is 21.7. The van der Waals surface area contributed by atoms with Crippen molar-refractivity contribution >= 4 is 40.1 Å². The Morgan fingerprint density at radius 2 is 2.00 bits per heavy atom. The van der Waals surface area contributed by atoms with Gasteiger partial charge in [-0.3, -0.25) is 4.79 Å². The summed E-state index contributed by atoms with van der Waals surface area (Å²) in [6, 6.07) is 5.66. The molecule has 27 heavy (non-hydrogen) atoms. The first-order chi connectivity index (χ1) is 12.4. The fourth-order valence-electron chi connectivity index (χ4n) is 2.03. The monoisotopic (exact) mass is 512 g/mol. The predicted octanol–water partition coefficient (Wildman–Crippen LogP) is 6.07. The molecule has 146 valence electrons. The number of pyridine rings is 1. The zero-order valence-corrected chi connectivity index (χ0v) is 17.7. The van der Waals surface area contributed by atoms with E-state index in [0.29, 0.717) is 16.2 Å². The van der Waals surface area contributed by atoms with Crippen LogP contribution in [0.1, 0.15) is 43.1 Å². The minimum atomic E-state index is -4.56. The Balaban J connectivity index is 2.38. The van der Waals surface area contributed by atoms with Gasteiger partial charge in [-0.2, -0.15) is 13.2 Å². The van der Waals surface area contributed by atoms with Crippen molar-refractivity contribution in [1.29, 1.82) is 0 Å². The molecule has 0 unspecified atom stereocenters. The Morgan fingerprint density at radius 1 is 1.33 bits per heavy atom. The van der Waals surface area contributed by atoms with Crippen LogP contribution in [-0.2, 0) is 6.18 Å². The van der Waals surface area contributed by atoms with Gasteiger partial charge in [0.1, 0.15) is 10.8 Å². The molecule has 1 amide bonds. The molecule has 0 aliphatic heterocycles. The molecule has 0 aliphatic rings. The third-order valence-corrected chi connectivity index (χ3v) is 5.05. The number of nitrogens with zero attached hydrogens (tertiary/aromatic N) is 1. The lowest BCUT2D eigenvalue weighted by molar-refractivity contribution is -0.137. The van der Waals surface area contributed by atoms with E-state index in [1.165, 1.54) is 6.07 Å². The van der Waals surface area contributed by atoms with Crippen LogP contribution in [-0.4, -0.2) is 16.4 Å². The molecule has 4 nitrogen and oxygen atoms in total. The van der Waals surface area contributed by atoms with Crippen LogP contribution in [0.25, 0.3) is 0 Å². The maximum absolute atomic E-state index is 12.7. The summed E-state index contributed by atoms with van der Waals surface area (Å²) in [5, 5.41) is 2.61. The number of aromatic nitrogens is 1. The first-order valence-electron chi connectivity index (χ1n) is 7.96. The summed E-state index contributed by atoms with van der Waals surface area (Å²) in [6.07, 6.45) is -3.21. The highest BCUT2D eigenvalue weighted by Gasteiger charge is 2.32. The maximum Gasteiger partial charge on any atom is 0.417 e. The highest BCUT2D eigenvalue weighted by molar-refractivity contribution is 14.1. The molecule has 1 N–H and O–H groups in total. The SMILES string of the molecule is CCC(C)(C)NC(=O)c1c(I)cccc1Oc1ncc(C(F)(F)F)cc1Cl. The lowest BCUT2D eigenvalue weighted by Crippen LogP contribution is -2.43. The van der Waals surface area contributed by atoms with Crippen molar-refractivity contribution in [3.8, 4) is 11.6 Å². The van der Waals surface area contributed by atoms with E-state index in [9.17, 15) is 18.0 Å². The molecular weight excluding hydrogens is 496 g/mol. The van der Waals surface area contributed by atoms with Crippen LogP contribution in [0, 0.1) is 3.57 Å². The zero-order chi connectivity index (χ0) is 20.4. The average molecular weight is 513 g/mol. The quantitative estimate of drug-likeness (QED) is 0.495. The molecule has 0 radical (unpaired) electrons. The predicted molar refractivity (Wildman–Crippen MR) is 105 cm³/mol. The van der Waals surface area contributed by atoms with Crippen LogP contribution in [0.3, 0.4) is 0 Å². The molecule has 9 heteroatoms. The Labute approximate surface area is 173 Å². The lowest BCUT2D eigenvalue weighted by Gasteiger charge is -2.25. The fraction of sp³-hybridized carbons (Fsp3) is 0.333. The smallest absolute Gasteiger partial charge is 0.417 e. The number of amides is 1. The maximum atomic E-state index is 12.7. The minimum absolute atomic E-state index is 0.153. The van der Waals surface area contributed by atoms with E-state index in [1.807, 2.05) is 43.4 Å². The van der Waals surface area contributed by atoms with Gasteiger partial charge in [0.2, 0.25) is 5.88 Å². The second kappa shape index (κ2) is 8.22. The number of carbonyl (C=O) groups excluding carboxylic acids is 1. The standard InChI is InChI=1S/C18H17ClF3IN2O2/c1-4-17(2,3)25-15(26)14-12(23)6-5-7-13(14)27-16-11(19)8-10(9-24-16)18(20,21)22/h5-9H,4H2,1-3H3,(H,25,26). The Bertz CT molecular complexity index is 857. The van der Waals surface area contributed by atoms with E-state index < -0.39 is 17.3 Å². The third kappa shape index (κ3) is 5.47. The zero-order valence-electron chi connectivity index (χ0n) is 14.7. The Hall–Kier alpha value is -1.55. The lowest BCUT2D eigenvalue weighted by atomic mass is 10.0. The second-order valence-corrected chi connectivity index (χ2v) is 7.98. The molecule has 0 saturated carbocycles. The molecule has 0 saturated heterocycles. The van der Waals surface area contributed by atoms with Gasteiger partial charge in [-0.15, -0.1) is 0 Å². The topological polar surface area (TPSA) is 51.2 Å². The van der Waals surface area contributed by atoms with Crippen LogP contribution in [0.15, 0.2) is 30.5 Å². The van der Waals surface area contributed by atoms with Crippen molar-refractivity contribution in [3.05, 3.63) is 50.2 Å². The fourth-order valence-corrected chi connectivity index (χ4v) is 2.95. The van der Waals surface area contributed by atoms with Gasteiger partial charge in [0.05, 0.1) is 11.1 Å². The Morgan fingerprint density at radius 3 is 2.56 bits per heavy atom. The molecule has 1 heterocycles. The van der Waals surface area contributed by atoms with Crippen molar-refractivity contribution in [3.63, 3.8) is 0 Å². The molecule has 1 aromatic heterocycles. The van der Waals surface area contributed by atoms with E-state index in [1.54, 1.807) is 12.1 Å². The molecule has 1 aromatic carbocycles. The van der Waals surface area contributed by atoms with Crippen LogP contribution in [0.4, 0.5) is 13.2 Å². The number of nitrogens with one attached hydrogen (secondary N) is 1. The molecular formula is C18H17ClF3IN2O2. The molecule has 2 aromatic rings. The molecule has 0 atom stereocenters. The van der Waals surface area contributed by atoms with Crippen LogP contribution < -0.4 is 10.1 Å². The summed E-state index contributed by atoms with van der Waals surface area (Å²) in [7, 11) is 0. The largest absolute Gasteiger partial charge is 0.437 e. The summed E-state index contributed by atoms with van der Waals surface area (Å²) in [5.41, 5.74) is -1.15. The van der Waals surface area contributed by atoms with Crippen LogP contribution in [0.2, 0.25) is 5.02 Å². The summed E-state index contributed by atoms with van der Waals surface area (Å²) < 4.78 is 44.4. The summed E-state index contributed by atoms with van der Waals surface area (Å²) in [6.45, 7) is 5.71. The van der Waals surface area contributed by atoms with Gasteiger partial charge in [0.25, 0.3) is 5.91 Å². The number of alkyl halides is 3. The number of rotatable bonds is 5. The highest BCUT2D eigenvalue weighted by atomic mass is 127. The first-order valence-corrected chi connectivity index (χ1v) is 9.42. The van der Waals surface area contributed by atoms with Gasteiger partial charge in [-0.05, 0) is 61.1 Å². The minimum Gasteiger partial charge on any atom is -0.437 e. The number of ether oxygens (including phenoxy) is 1. The molecule has 0 bridgehead atoms. The van der Waals surface area contributed by atoms with Gasteiger partial charge in [0, 0.05) is 15.3 Å². The highest BCUT2D eigenvalue weighted by Crippen LogP contribution is 2.36. The van der Waals surface area contributed by atoms with Gasteiger partial charge >= 0.3 is 6.18 Å². The number of carbonyl (C=O) groups is 1. The van der Waals surface area contributed by atoms with Gasteiger partial charge in [0.15, 0.2) is 0 Å². The molecule has 0 aliphatic carbocycles. The van der Waals surface area contributed by atoms with Crippen molar-refractivity contribution in [2.24, 2.45) is 0 Å². The summed E-state index contributed by atoms with van der Waals surface area (Å²) in [4.78, 5) is 16.4. The van der Waals surface area contributed by atoms with Crippen molar-refractivity contribution in [1.82, 2.24) is 10.3 Å². The van der Waals surface area contributed by atoms with Crippen molar-refractivity contribution in [2.75, 3.05) is 0 Å². The van der Waals surface area contributed by atoms with Gasteiger partial charge < -0.3 is 10.1 Å². The van der Waals surface area contributed by atoms with E-state index in [-0.39, 0.29) is 28.1 Å². The second-order valence-electron chi connectivity index (χ2n) is 6.42. The Kier molecular flexibility index (Phi) is 6.62. The summed E-state index contributed by atoms with van der Waals surface area (Å²) in [5.74, 6) is -0.416. The number of hydrogen-bond acceptors (Lipinski definition) is 3. The van der Waals surface area contributed by atoms with Crippen LogP contribution >= 0.6 is 34.2 Å².